The number of rotatable bonds is 0. The zero-order chi connectivity index (χ0) is 7.84. The zero-order valence-corrected chi connectivity index (χ0v) is 7.95. The predicted octanol–water partition coefficient (Wildman–Crippen LogP) is 3.37. The van der Waals surface area contributed by atoms with Crippen LogP contribution in [-0.4, -0.2) is 5.11 Å². The third kappa shape index (κ3) is 1.04. The number of hydrogen-bond donors (Lipinski definition) is 1. The van der Waals surface area contributed by atoms with Gasteiger partial charge >= 0.3 is 0 Å². The van der Waals surface area contributed by atoms with E-state index in [0.717, 1.165) is 15.2 Å². The Labute approximate surface area is 76.4 Å². The third-order valence-electron chi connectivity index (χ3n) is 1.58. The number of fused-ring (bicyclic) bond motifs is 1. The van der Waals surface area contributed by atoms with Crippen molar-refractivity contribution >= 4 is 38.0 Å². The molecule has 1 nitrogen and oxygen atoms in total. The van der Waals surface area contributed by atoms with Crippen LogP contribution in [0, 0.1) is 0 Å². The molecule has 0 saturated carbocycles. The normalized spacial score (nSPS) is 10.6. The van der Waals surface area contributed by atoms with E-state index in [-0.39, 0.29) is 0 Å². The first-order chi connectivity index (χ1) is 5.29. The van der Waals surface area contributed by atoms with E-state index >= 15 is 0 Å². The molecule has 0 amide bonds. The van der Waals surface area contributed by atoms with E-state index in [0.29, 0.717) is 5.75 Å². The molecule has 56 valence electrons. The van der Waals surface area contributed by atoms with Crippen LogP contribution in [0.25, 0.3) is 10.8 Å². The van der Waals surface area contributed by atoms with Gasteiger partial charge in [-0.1, -0.05) is 15.9 Å². The summed E-state index contributed by atoms with van der Waals surface area (Å²) in [5.41, 5.74) is 0. The van der Waals surface area contributed by atoms with Crippen molar-refractivity contribution in [1.29, 1.82) is 0 Å². The number of phenols is 1. The Kier molecular flexibility index (Phi) is 1.62. The van der Waals surface area contributed by atoms with E-state index in [1.165, 1.54) is 0 Å². The van der Waals surface area contributed by atoms with Crippen LogP contribution in [-0.2, 0) is 0 Å². The van der Waals surface area contributed by atoms with E-state index in [9.17, 15) is 5.11 Å². The molecule has 0 unspecified atom stereocenters. The molecule has 0 aliphatic rings. The summed E-state index contributed by atoms with van der Waals surface area (Å²) < 4.78 is 1.03. The van der Waals surface area contributed by atoms with Crippen molar-refractivity contribution in [3.8, 4) is 5.75 Å². The molecule has 0 saturated heterocycles. The molecule has 2 rings (SSSR count). The van der Waals surface area contributed by atoms with Crippen LogP contribution < -0.4 is 0 Å². The van der Waals surface area contributed by atoms with Crippen molar-refractivity contribution in [3.05, 3.63) is 27.4 Å². The van der Waals surface area contributed by atoms with Gasteiger partial charge < -0.3 is 5.11 Å². The average molecular weight is 229 g/mol. The van der Waals surface area contributed by atoms with Gasteiger partial charge in [-0.3, -0.25) is 0 Å². The highest BCUT2D eigenvalue weighted by Crippen LogP contribution is 2.33. The first-order valence-corrected chi connectivity index (χ1v) is 4.86. The van der Waals surface area contributed by atoms with Gasteiger partial charge in [0.2, 0.25) is 0 Å². The van der Waals surface area contributed by atoms with Gasteiger partial charge in [-0.05, 0) is 17.5 Å². The molecule has 1 aromatic carbocycles. The molecule has 1 aromatic heterocycles. The summed E-state index contributed by atoms with van der Waals surface area (Å²) in [5.74, 6) is 0.351. The highest BCUT2D eigenvalue weighted by atomic mass is 79.9. The van der Waals surface area contributed by atoms with Gasteiger partial charge in [0.1, 0.15) is 5.75 Å². The highest BCUT2D eigenvalue weighted by molar-refractivity contribution is 9.10. The number of benzene rings is 1. The van der Waals surface area contributed by atoms with E-state index in [1.807, 2.05) is 16.8 Å². The molecule has 1 heterocycles. The van der Waals surface area contributed by atoms with Crippen molar-refractivity contribution < 1.29 is 5.11 Å². The zero-order valence-electron chi connectivity index (χ0n) is 5.54. The Morgan fingerprint density at radius 2 is 1.91 bits per heavy atom. The van der Waals surface area contributed by atoms with Crippen LogP contribution in [0.1, 0.15) is 0 Å². The van der Waals surface area contributed by atoms with Gasteiger partial charge in [-0.15, -0.1) is 0 Å². The van der Waals surface area contributed by atoms with Crippen molar-refractivity contribution in [2.45, 2.75) is 0 Å². The Bertz CT molecular complexity index is 358. The molecule has 0 aliphatic heterocycles. The minimum absolute atomic E-state index is 0.351. The quantitative estimate of drug-likeness (QED) is 0.734. The predicted molar refractivity (Wildman–Crippen MR) is 51.2 cm³/mol. The number of thiophene rings is 1. The summed E-state index contributed by atoms with van der Waals surface area (Å²) in [6.45, 7) is 0. The summed E-state index contributed by atoms with van der Waals surface area (Å²) in [5, 5.41) is 15.3. The lowest BCUT2D eigenvalue weighted by molar-refractivity contribution is 0.482. The van der Waals surface area contributed by atoms with Gasteiger partial charge in [0.05, 0.1) is 0 Å². The lowest BCUT2D eigenvalue weighted by Crippen LogP contribution is -1.68. The molecule has 0 aliphatic carbocycles. The fourth-order valence-corrected chi connectivity index (χ4v) is 2.47. The summed E-state index contributed by atoms with van der Waals surface area (Å²) in [6.07, 6.45) is 0. The standard InChI is InChI=1S/C8H5BrOS/c9-7-1-2-8(10)6-4-11-3-5(6)7/h1-4,10H. The Hall–Kier alpha value is -0.540. The molecular formula is C8H5BrOS. The largest absolute Gasteiger partial charge is 0.507 e. The summed E-state index contributed by atoms with van der Waals surface area (Å²) >= 11 is 5.00. The molecule has 0 radical (unpaired) electrons. The minimum Gasteiger partial charge on any atom is -0.507 e. The second-order valence-corrected chi connectivity index (χ2v) is 3.86. The second-order valence-electron chi connectivity index (χ2n) is 2.27. The van der Waals surface area contributed by atoms with Crippen LogP contribution in [0.5, 0.6) is 5.75 Å². The van der Waals surface area contributed by atoms with E-state index in [4.69, 9.17) is 0 Å². The Morgan fingerprint density at radius 1 is 1.18 bits per heavy atom. The lowest BCUT2D eigenvalue weighted by atomic mass is 10.2. The van der Waals surface area contributed by atoms with E-state index in [1.54, 1.807) is 17.4 Å². The third-order valence-corrected chi connectivity index (χ3v) is 3.02. The topological polar surface area (TPSA) is 20.2 Å². The second kappa shape index (κ2) is 2.50. The van der Waals surface area contributed by atoms with Gasteiger partial charge in [0, 0.05) is 20.6 Å². The number of phenolic OH excluding ortho intramolecular Hbond substituents is 1. The van der Waals surface area contributed by atoms with Crippen LogP contribution >= 0.6 is 27.3 Å². The summed E-state index contributed by atoms with van der Waals surface area (Å²) in [7, 11) is 0. The highest BCUT2D eigenvalue weighted by Gasteiger charge is 2.02. The molecule has 2 aromatic rings. The number of hydrogen-bond acceptors (Lipinski definition) is 2. The van der Waals surface area contributed by atoms with E-state index < -0.39 is 0 Å². The molecule has 3 heteroatoms. The SMILES string of the molecule is Oc1ccc(Br)c2cscc12. The molecule has 11 heavy (non-hydrogen) atoms. The van der Waals surface area contributed by atoms with Gasteiger partial charge in [0.15, 0.2) is 0 Å². The fraction of sp³-hybridized carbons (Fsp3) is 0. The van der Waals surface area contributed by atoms with Crippen LogP contribution in [0.4, 0.5) is 0 Å². The molecule has 1 N–H and O–H groups in total. The molecular weight excluding hydrogens is 224 g/mol. The maximum absolute atomic E-state index is 9.37. The monoisotopic (exact) mass is 228 g/mol. The van der Waals surface area contributed by atoms with Crippen molar-refractivity contribution in [2.75, 3.05) is 0 Å². The fourth-order valence-electron chi connectivity index (χ4n) is 1.01. The van der Waals surface area contributed by atoms with E-state index in [2.05, 4.69) is 15.9 Å². The van der Waals surface area contributed by atoms with Crippen molar-refractivity contribution in [1.82, 2.24) is 0 Å². The average Bonchev–Trinajstić information content (AvgIpc) is 2.45. The Morgan fingerprint density at radius 3 is 2.64 bits per heavy atom. The van der Waals surface area contributed by atoms with Crippen LogP contribution in [0.3, 0.4) is 0 Å². The maximum atomic E-state index is 9.37. The number of aromatic hydroxyl groups is 1. The lowest BCUT2D eigenvalue weighted by Gasteiger charge is -1.95. The van der Waals surface area contributed by atoms with Crippen molar-refractivity contribution in [3.63, 3.8) is 0 Å². The first-order valence-electron chi connectivity index (χ1n) is 3.12. The molecule has 0 spiro atoms. The summed E-state index contributed by atoms with van der Waals surface area (Å²) in [4.78, 5) is 0. The summed E-state index contributed by atoms with van der Waals surface area (Å²) in [6, 6.07) is 3.55. The van der Waals surface area contributed by atoms with Crippen LogP contribution in [0.2, 0.25) is 0 Å². The first kappa shape index (κ1) is 7.13. The smallest absolute Gasteiger partial charge is 0.124 e. The minimum atomic E-state index is 0.351. The number of halogens is 1. The maximum Gasteiger partial charge on any atom is 0.124 e. The van der Waals surface area contributed by atoms with Crippen LogP contribution in [0.15, 0.2) is 27.4 Å². The van der Waals surface area contributed by atoms with Gasteiger partial charge in [-0.25, -0.2) is 0 Å². The Balaban J connectivity index is 2.96. The van der Waals surface area contributed by atoms with Gasteiger partial charge in [-0.2, -0.15) is 11.3 Å². The molecule has 0 fully saturated rings. The van der Waals surface area contributed by atoms with Gasteiger partial charge in [0.25, 0.3) is 0 Å². The molecule has 0 bridgehead atoms. The molecule has 0 atom stereocenters. The van der Waals surface area contributed by atoms with Crippen molar-refractivity contribution in [2.24, 2.45) is 0 Å².